The summed E-state index contributed by atoms with van der Waals surface area (Å²) in [6.45, 7) is -0.208. The first-order valence-electron chi connectivity index (χ1n) is 7.74. The van der Waals surface area contributed by atoms with Crippen molar-refractivity contribution in [3.63, 3.8) is 0 Å². The summed E-state index contributed by atoms with van der Waals surface area (Å²) in [7, 11) is -4.32. The number of hydrogen-bond donors (Lipinski definition) is 3. The summed E-state index contributed by atoms with van der Waals surface area (Å²) in [5.74, 6) is 0.323. The van der Waals surface area contributed by atoms with Crippen molar-refractivity contribution >= 4 is 25.4 Å². The van der Waals surface area contributed by atoms with Crippen LogP contribution in [-0.4, -0.2) is 37.5 Å². The van der Waals surface area contributed by atoms with Crippen molar-refractivity contribution in [3.8, 4) is 5.75 Å². The number of thioether (sulfide) groups is 1. The van der Waals surface area contributed by atoms with Crippen molar-refractivity contribution in [1.29, 1.82) is 0 Å². The van der Waals surface area contributed by atoms with E-state index in [1.54, 1.807) is 18.2 Å². The number of nitrogens with two attached hydrogens (primary N) is 1. The molecule has 4 atom stereocenters. The SMILES string of the molecule is Nc1ccn([C@H]2C[C@@H](O)[C@@H](COP(=O)(O)Oc3ccccc3)S2)c(=O)n1. The summed E-state index contributed by atoms with van der Waals surface area (Å²) < 4.78 is 23.4. The number of aromatic nitrogens is 2. The van der Waals surface area contributed by atoms with Gasteiger partial charge in [-0.15, -0.1) is 11.8 Å². The molecule has 1 aliphatic heterocycles. The van der Waals surface area contributed by atoms with Crippen LogP contribution in [0.2, 0.25) is 0 Å². The second kappa shape index (κ2) is 7.81. The van der Waals surface area contributed by atoms with E-state index in [0.29, 0.717) is 0 Å². The van der Waals surface area contributed by atoms with E-state index in [0.717, 1.165) is 0 Å². The van der Waals surface area contributed by atoms with Gasteiger partial charge in [-0.1, -0.05) is 18.2 Å². The van der Waals surface area contributed by atoms with Gasteiger partial charge in [0.2, 0.25) is 0 Å². The average molecular weight is 399 g/mol. The number of rotatable bonds is 6. The monoisotopic (exact) mass is 399 g/mol. The van der Waals surface area contributed by atoms with Crippen molar-refractivity contribution in [2.45, 2.75) is 23.1 Å². The third-order valence-corrected chi connectivity index (χ3v) is 6.18. The number of aliphatic hydroxyl groups excluding tert-OH is 1. The Bertz CT molecular complexity index is 864. The van der Waals surface area contributed by atoms with Crippen molar-refractivity contribution in [1.82, 2.24) is 9.55 Å². The maximum atomic E-state index is 12.0. The van der Waals surface area contributed by atoms with Gasteiger partial charge in [-0.3, -0.25) is 14.0 Å². The molecular weight excluding hydrogens is 381 g/mol. The van der Waals surface area contributed by atoms with Crippen LogP contribution in [0.4, 0.5) is 5.82 Å². The van der Waals surface area contributed by atoms with E-state index in [1.807, 2.05) is 0 Å². The number of nitrogen functional groups attached to an aromatic ring is 1. The molecule has 0 radical (unpaired) electrons. The van der Waals surface area contributed by atoms with Crippen molar-refractivity contribution < 1.29 is 23.6 Å². The number of nitrogens with zero attached hydrogens (tertiary/aromatic N) is 2. The predicted molar refractivity (Wildman–Crippen MR) is 96.8 cm³/mol. The van der Waals surface area contributed by atoms with Crippen LogP contribution in [0.1, 0.15) is 11.8 Å². The first-order chi connectivity index (χ1) is 12.3. The quantitative estimate of drug-likeness (QED) is 0.615. The summed E-state index contributed by atoms with van der Waals surface area (Å²) in [6.07, 6.45) is 0.971. The molecule has 1 aromatic heterocycles. The molecule has 11 heteroatoms. The van der Waals surface area contributed by atoms with Crippen molar-refractivity contribution in [2.24, 2.45) is 0 Å². The molecule has 1 fully saturated rings. The molecule has 1 aliphatic rings. The molecular formula is C15H18N3O6PS. The van der Waals surface area contributed by atoms with Gasteiger partial charge in [0.05, 0.1) is 23.3 Å². The van der Waals surface area contributed by atoms with E-state index in [1.165, 1.54) is 40.7 Å². The summed E-state index contributed by atoms with van der Waals surface area (Å²) >= 11 is 1.26. The van der Waals surface area contributed by atoms with E-state index >= 15 is 0 Å². The number of hydrogen-bond acceptors (Lipinski definition) is 8. The highest BCUT2D eigenvalue weighted by Crippen LogP contribution is 2.47. The van der Waals surface area contributed by atoms with E-state index in [4.69, 9.17) is 14.8 Å². The molecule has 0 saturated carbocycles. The molecule has 1 aromatic carbocycles. The summed E-state index contributed by atoms with van der Waals surface area (Å²) in [5, 5.41) is 9.32. The second-order valence-electron chi connectivity index (χ2n) is 5.64. The maximum absolute atomic E-state index is 12.0. The number of phosphoric acid groups is 1. The molecule has 2 heterocycles. The zero-order chi connectivity index (χ0) is 18.7. The van der Waals surface area contributed by atoms with Gasteiger partial charge in [0.15, 0.2) is 0 Å². The minimum Gasteiger partial charge on any atom is -0.404 e. The molecule has 1 unspecified atom stereocenters. The molecule has 3 rings (SSSR count). The Morgan fingerprint density at radius 3 is 2.77 bits per heavy atom. The summed E-state index contributed by atoms with van der Waals surface area (Å²) in [6, 6.07) is 9.62. The molecule has 140 valence electrons. The van der Waals surface area contributed by atoms with Crippen LogP contribution in [0, 0.1) is 0 Å². The zero-order valence-corrected chi connectivity index (χ0v) is 15.3. The third-order valence-electron chi connectivity index (χ3n) is 3.73. The van der Waals surface area contributed by atoms with Crippen LogP contribution in [0.5, 0.6) is 5.75 Å². The highest BCUT2D eigenvalue weighted by atomic mass is 32.2. The predicted octanol–water partition coefficient (Wildman–Crippen LogP) is 1.39. The Morgan fingerprint density at radius 2 is 2.08 bits per heavy atom. The number of aliphatic hydroxyl groups is 1. The third kappa shape index (κ3) is 4.66. The Balaban J connectivity index is 1.60. The molecule has 0 spiro atoms. The molecule has 4 N–H and O–H groups in total. The summed E-state index contributed by atoms with van der Waals surface area (Å²) in [4.78, 5) is 25.4. The largest absolute Gasteiger partial charge is 0.527 e. The topological polar surface area (TPSA) is 137 Å². The van der Waals surface area contributed by atoms with E-state index in [-0.39, 0.29) is 30.0 Å². The zero-order valence-electron chi connectivity index (χ0n) is 13.5. The van der Waals surface area contributed by atoms with Gasteiger partial charge in [0.25, 0.3) is 0 Å². The van der Waals surface area contributed by atoms with Gasteiger partial charge in [-0.25, -0.2) is 9.36 Å². The van der Waals surface area contributed by atoms with Crippen LogP contribution in [0.25, 0.3) is 0 Å². The fourth-order valence-electron chi connectivity index (χ4n) is 2.49. The van der Waals surface area contributed by atoms with Gasteiger partial charge >= 0.3 is 13.5 Å². The lowest BCUT2D eigenvalue weighted by molar-refractivity contribution is 0.130. The van der Waals surface area contributed by atoms with Crippen molar-refractivity contribution in [2.75, 3.05) is 12.3 Å². The lowest BCUT2D eigenvalue weighted by Crippen LogP contribution is -2.25. The molecule has 0 bridgehead atoms. The Kier molecular flexibility index (Phi) is 5.69. The Hall–Kier alpha value is -1.84. The van der Waals surface area contributed by atoms with Crippen LogP contribution in [-0.2, 0) is 9.09 Å². The molecule has 2 aromatic rings. The summed E-state index contributed by atoms with van der Waals surface area (Å²) in [5.41, 5.74) is 4.95. The van der Waals surface area contributed by atoms with Gasteiger partial charge < -0.3 is 15.4 Å². The van der Waals surface area contributed by atoms with Gasteiger partial charge in [-0.05, 0) is 18.2 Å². The van der Waals surface area contributed by atoms with Gasteiger partial charge in [0, 0.05) is 12.6 Å². The standard InChI is InChI=1S/C15H18N3O6PS/c16-13-6-7-18(15(20)17-13)14-8-11(19)12(26-14)9-23-25(21,22)24-10-4-2-1-3-5-10/h1-7,11-12,14,19H,8-9H2,(H,21,22)(H2,16,17,20)/t11-,12-,14-/m1/s1. The molecule has 1 saturated heterocycles. The minimum atomic E-state index is -4.32. The van der Waals surface area contributed by atoms with E-state index in [9.17, 15) is 19.4 Å². The van der Waals surface area contributed by atoms with Crippen molar-refractivity contribution in [3.05, 3.63) is 53.1 Å². The first kappa shape index (κ1) is 18.9. The number of benzene rings is 1. The van der Waals surface area contributed by atoms with Crippen LogP contribution < -0.4 is 15.9 Å². The molecule has 0 amide bonds. The first-order valence-corrected chi connectivity index (χ1v) is 10.2. The minimum absolute atomic E-state index is 0.119. The number of phosphoric ester groups is 1. The molecule has 9 nitrogen and oxygen atoms in total. The second-order valence-corrected chi connectivity index (χ2v) is 8.44. The molecule has 26 heavy (non-hydrogen) atoms. The fourth-order valence-corrected chi connectivity index (χ4v) is 4.82. The normalized spacial score (nSPS) is 24.9. The van der Waals surface area contributed by atoms with E-state index in [2.05, 4.69) is 4.98 Å². The van der Waals surface area contributed by atoms with E-state index < -0.39 is 24.9 Å². The number of anilines is 1. The van der Waals surface area contributed by atoms with Gasteiger partial charge in [-0.2, -0.15) is 4.98 Å². The highest BCUT2D eigenvalue weighted by Gasteiger charge is 2.37. The molecule has 0 aliphatic carbocycles. The van der Waals surface area contributed by atoms with Gasteiger partial charge in [0.1, 0.15) is 11.6 Å². The smallest absolute Gasteiger partial charge is 0.404 e. The number of para-hydroxylation sites is 1. The lowest BCUT2D eigenvalue weighted by Gasteiger charge is -2.17. The van der Waals surface area contributed by atoms with Crippen LogP contribution in [0.15, 0.2) is 47.4 Å². The van der Waals surface area contributed by atoms with Crippen LogP contribution in [0.3, 0.4) is 0 Å². The fraction of sp³-hybridized carbons (Fsp3) is 0.333. The highest BCUT2D eigenvalue weighted by molar-refractivity contribution is 8.00. The maximum Gasteiger partial charge on any atom is 0.527 e. The Labute approximate surface area is 153 Å². The van der Waals surface area contributed by atoms with Crippen LogP contribution >= 0.6 is 19.6 Å². The lowest BCUT2D eigenvalue weighted by atomic mass is 10.2. The average Bonchev–Trinajstić information content (AvgIpc) is 2.94. The Morgan fingerprint density at radius 1 is 1.35 bits per heavy atom.